The Bertz CT molecular complexity index is 422. The molecule has 3 fully saturated rings. The molecule has 136 valence electrons. The van der Waals surface area contributed by atoms with E-state index in [0.29, 0.717) is 25.7 Å². The van der Waals surface area contributed by atoms with Crippen molar-refractivity contribution in [2.45, 2.75) is 102 Å². The molecule has 0 amide bonds. The largest absolute Gasteiger partial charge is 0.462 e. The zero-order chi connectivity index (χ0) is 17.1. The van der Waals surface area contributed by atoms with Gasteiger partial charge in [-0.15, -0.1) is 0 Å². The molecule has 3 aliphatic rings. The predicted molar refractivity (Wildman–Crippen MR) is 85.4 cm³/mol. The molecule has 3 rings (SSSR count). The monoisotopic (exact) mass is 340 g/mol. The summed E-state index contributed by atoms with van der Waals surface area (Å²) in [5.74, 6) is -0.400. The van der Waals surface area contributed by atoms with Gasteiger partial charge >= 0.3 is 11.9 Å². The first kappa shape index (κ1) is 17.7. The molecule has 0 N–H and O–H groups in total. The van der Waals surface area contributed by atoms with E-state index >= 15 is 0 Å². The maximum atomic E-state index is 12.1. The zero-order valence-electron chi connectivity index (χ0n) is 14.6. The maximum Gasteiger partial charge on any atom is 0.308 e. The van der Waals surface area contributed by atoms with Gasteiger partial charge in [-0.2, -0.15) is 0 Å². The number of fused-ring (bicyclic) bond motifs is 4. The van der Waals surface area contributed by atoms with Gasteiger partial charge in [-0.1, -0.05) is 0 Å². The predicted octanol–water partition coefficient (Wildman–Crippen LogP) is 2.52. The lowest BCUT2D eigenvalue weighted by Crippen LogP contribution is -2.27. The minimum atomic E-state index is -0.200. The van der Waals surface area contributed by atoms with Crippen LogP contribution in [-0.2, 0) is 28.5 Å². The molecule has 0 radical (unpaired) electrons. The molecule has 4 bridgehead atoms. The Hall–Kier alpha value is -1.14. The van der Waals surface area contributed by atoms with Crippen LogP contribution in [0.15, 0.2) is 0 Å². The van der Waals surface area contributed by atoms with E-state index in [1.807, 2.05) is 13.8 Å². The van der Waals surface area contributed by atoms with Gasteiger partial charge in [-0.25, -0.2) is 0 Å². The van der Waals surface area contributed by atoms with Crippen LogP contribution in [0.25, 0.3) is 0 Å². The van der Waals surface area contributed by atoms with E-state index in [4.69, 9.17) is 18.9 Å². The summed E-state index contributed by atoms with van der Waals surface area (Å²) in [5, 5.41) is 0. The highest BCUT2D eigenvalue weighted by Gasteiger charge is 2.33. The molecule has 3 heterocycles. The van der Waals surface area contributed by atoms with Crippen LogP contribution in [0.2, 0.25) is 0 Å². The lowest BCUT2D eigenvalue weighted by molar-refractivity contribution is -0.155. The average Bonchev–Trinajstić information content (AvgIpc) is 3.07. The minimum Gasteiger partial charge on any atom is -0.462 e. The first-order valence-electron chi connectivity index (χ1n) is 9.18. The van der Waals surface area contributed by atoms with Crippen LogP contribution in [0.1, 0.15) is 65.2 Å². The Morgan fingerprint density at radius 3 is 1.46 bits per heavy atom. The Morgan fingerprint density at radius 2 is 1.04 bits per heavy atom. The van der Waals surface area contributed by atoms with E-state index in [1.165, 1.54) is 0 Å². The van der Waals surface area contributed by atoms with Gasteiger partial charge in [0.15, 0.2) is 0 Å². The maximum absolute atomic E-state index is 12.1. The molecule has 3 aliphatic heterocycles. The number of ether oxygens (including phenoxy) is 4. The summed E-state index contributed by atoms with van der Waals surface area (Å²) in [6.45, 7) is 3.79. The van der Waals surface area contributed by atoms with Crippen LogP contribution in [0.5, 0.6) is 0 Å². The lowest BCUT2D eigenvalue weighted by atomic mass is 10.1. The van der Waals surface area contributed by atoms with Crippen molar-refractivity contribution in [1.29, 1.82) is 0 Å². The first-order chi connectivity index (χ1) is 11.5. The van der Waals surface area contributed by atoms with Crippen molar-refractivity contribution in [3.63, 3.8) is 0 Å². The summed E-state index contributed by atoms with van der Waals surface area (Å²) in [7, 11) is 0. The molecule has 6 atom stereocenters. The fourth-order valence-corrected chi connectivity index (χ4v) is 3.96. The van der Waals surface area contributed by atoms with Crippen molar-refractivity contribution < 1.29 is 28.5 Å². The van der Waals surface area contributed by atoms with Crippen molar-refractivity contribution in [1.82, 2.24) is 0 Å². The van der Waals surface area contributed by atoms with Crippen LogP contribution in [0.4, 0.5) is 0 Å². The third-order valence-corrected chi connectivity index (χ3v) is 5.03. The van der Waals surface area contributed by atoms with Crippen molar-refractivity contribution >= 4 is 11.9 Å². The van der Waals surface area contributed by atoms with Gasteiger partial charge in [-0.05, 0) is 39.5 Å². The molecule has 6 unspecified atom stereocenters. The summed E-state index contributed by atoms with van der Waals surface area (Å²) >= 11 is 0. The van der Waals surface area contributed by atoms with Gasteiger partial charge in [0.25, 0.3) is 0 Å². The highest BCUT2D eigenvalue weighted by atomic mass is 16.6. The minimum absolute atomic E-state index is 0.0445. The molecule has 6 heteroatoms. The van der Waals surface area contributed by atoms with Gasteiger partial charge in [-0.3, -0.25) is 9.59 Å². The average molecular weight is 340 g/mol. The second-order valence-electron chi connectivity index (χ2n) is 7.40. The van der Waals surface area contributed by atoms with Crippen LogP contribution in [0.3, 0.4) is 0 Å². The molecule has 0 saturated carbocycles. The first-order valence-corrected chi connectivity index (χ1v) is 9.18. The zero-order valence-corrected chi connectivity index (χ0v) is 14.6. The smallest absolute Gasteiger partial charge is 0.308 e. The quantitative estimate of drug-likeness (QED) is 0.631. The third-order valence-electron chi connectivity index (χ3n) is 5.03. The number of hydrogen-bond donors (Lipinski definition) is 0. The second-order valence-corrected chi connectivity index (χ2v) is 7.40. The van der Waals surface area contributed by atoms with E-state index in [1.54, 1.807) is 0 Å². The number of carbonyl (C=O) groups excluding carboxylic acids is 2. The summed E-state index contributed by atoms with van der Waals surface area (Å²) in [5.41, 5.74) is 0. The number of hydrogen-bond acceptors (Lipinski definition) is 6. The molecule has 0 aromatic rings. The Labute approximate surface area is 143 Å². The van der Waals surface area contributed by atoms with E-state index in [9.17, 15) is 9.59 Å². The van der Waals surface area contributed by atoms with Gasteiger partial charge < -0.3 is 18.9 Å². The van der Waals surface area contributed by atoms with E-state index in [-0.39, 0.29) is 48.6 Å². The van der Waals surface area contributed by atoms with Crippen LogP contribution in [-0.4, -0.2) is 48.6 Å². The molecule has 0 aliphatic carbocycles. The van der Waals surface area contributed by atoms with Gasteiger partial charge in [0.1, 0.15) is 12.2 Å². The SMILES string of the molecule is CC1CC2CCC(CC(=O)OC(C)CC3CCC(CC(=O)O1)O3)O2. The van der Waals surface area contributed by atoms with Crippen LogP contribution in [0, 0.1) is 0 Å². The highest BCUT2D eigenvalue weighted by molar-refractivity contribution is 5.70. The fraction of sp³-hybridized carbons (Fsp3) is 0.889. The Kier molecular flexibility index (Phi) is 5.76. The molecule has 6 nitrogen and oxygen atoms in total. The Balaban J connectivity index is 1.63. The van der Waals surface area contributed by atoms with E-state index < -0.39 is 0 Å². The molecule has 3 saturated heterocycles. The van der Waals surface area contributed by atoms with Crippen molar-refractivity contribution in [3.8, 4) is 0 Å². The second kappa shape index (κ2) is 7.83. The van der Waals surface area contributed by atoms with Crippen molar-refractivity contribution in [3.05, 3.63) is 0 Å². The van der Waals surface area contributed by atoms with Crippen molar-refractivity contribution in [2.75, 3.05) is 0 Å². The molecular weight excluding hydrogens is 312 g/mol. The number of esters is 2. The highest BCUT2D eigenvalue weighted by Crippen LogP contribution is 2.29. The fourth-order valence-electron chi connectivity index (χ4n) is 3.96. The topological polar surface area (TPSA) is 71.1 Å². The molecule has 0 aromatic carbocycles. The molecule has 0 spiro atoms. The Morgan fingerprint density at radius 1 is 0.667 bits per heavy atom. The summed E-state index contributed by atoms with van der Waals surface area (Å²) < 4.78 is 22.8. The molecular formula is C18H28O6. The van der Waals surface area contributed by atoms with Crippen LogP contribution >= 0.6 is 0 Å². The number of rotatable bonds is 0. The molecule has 0 aromatic heterocycles. The van der Waals surface area contributed by atoms with Gasteiger partial charge in [0.2, 0.25) is 0 Å². The summed E-state index contributed by atoms with van der Waals surface area (Å²) in [4.78, 5) is 24.1. The summed E-state index contributed by atoms with van der Waals surface area (Å²) in [6.07, 6.45) is 4.96. The number of cyclic esters (lactones) is 2. The standard InChI is InChI=1S/C18H28O6/c1-11-7-13-3-5-16(23-13)10-18(20)22-12(2)8-14-4-6-15(24-14)9-17(19)21-11/h11-16H,3-10H2,1-2H3. The third kappa shape index (κ3) is 4.93. The van der Waals surface area contributed by atoms with Crippen LogP contribution < -0.4 is 0 Å². The van der Waals surface area contributed by atoms with E-state index in [2.05, 4.69) is 0 Å². The lowest BCUT2D eigenvalue weighted by Gasteiger charge is -2.21. The van der Waals surface area contributed by atoms with E-state index in [0.717, 1.165) is 25.7 Å². The number of carbonyl (C=O) groups is 2. The molecule has 24 heavy (non-hydrogen) atoms. The van der Waals surface area contributed by atoms with Crippen molar-refractivity contribution in [2.24, 2.45) is 0 Å². The summed E-state index contributed by atoms with van der Waals surface area (Å²) in [6, 6.07) is 0. The van der Waals surface area contributed by atoms with Gasteiger partial charge in [0, 0.05) is 12.8 Å². The van der Waals surface area contributed by atoms with Gasteiger partial charge in [0.05, 0.1) is 37.3 Å². The normalized spacial score (nSPS) is 41.8.